The molecule has 0 aromatic heterocycles. The first-order valence-electron chi connectivity index (χ1n) is 10.7. The molecule has 0 saturated heterocycles. The standard InChI is InChI=1S/C15H11I4NO4.C10H15N/c16-8-4-7(5-9(17)13(8)21)24-14-10(18)1-6(2-11(14)19)3-12(20)15(22)23;1-2-6-10(11)9-7-4-3-5-8-9/h1-2,4-5,12,21H,3,20H2,(H,22,23);3-5,7-8,10H,2,6,11H2,1H3. The van der Waals surface area contributed by atoms with Gasteiger partial charge in [0.25, 0.3) is 0 Å². The summed E-state index contributed by atoms with van der Waals surface area (Å²) < 4.78 is 9.14. The summed E-state index contributed by atoms with van der Waals surface area (Å²) in [6, 6.07) is 16.8. The van der Waals surface area contributed by atoms with Crippen LogP contribution in [0.1, 0.15) is 36.9 Å². The molecule has 6 nitrogen and oxygen atoms in total. The normalized spacial score (nSPS) is 12.3. The van der Waals surface area contributed by atoms with E-state index in [1.54, 1.807) is 12.1 Å². The highest BCUT2D eigenvalue weighted by Crippen LogP contribution is 2.36. The van der Waals surface area contributed by atoms with Crippen LogP contribution >= 0.6 is 90.4 Å². The number of carboxylic acids is 1. The number of aliphatic carboxylic acids is 1. The van der Waals surface area contributed by atoms with Crippen molar-refractivity contribution in [3.63, 3.8) is 0 Å². The van der Waals surface area contributed by atoms with Gasteiger partial charge in [-0.1, -0.05) is 43.7 Å². The van der Waals surface area contributed by atoms with E-state index in [9.17, 15) is 9.90 Å². The molecular weight excluding hydrogens is 900 g/mol. The second-order valence-corrected chi connectivity index (χ2v) is 12.3. The lowest BCUT2D eigenvalue weighted by Gasteiger charge is -2.14. The van der Waals surface area contributed by atoms with Crippen molar-refractivity contribution in [3.8, 4) is 17.2 Å². The number of benzene rings is 3. The molecule has 0 amide bonds. The maximum atomic E-state index is 10.9. The first-order valence-corrected chi connectivity index (χ1v) is 15.0. The summed E-state index contributed by atoms with van der Waals surface area (Å²) in [6.07, 6.45) is 2.48. The van der Waals surface area contributed by atoms with E-state index in [4.69, 9.17) is 21.3 Å². The lowest BCUT2D eigenvalue weighted by atomic mass is 10.0. The molecule has 0 aliphatic heterocycles. The summed E-state index contributed by atoms with van der Waals surface area (Å²) in [5.41, 5.74) is 13.6. The molecule has 3 rings (SSSR count). The van der Waals surface area contributed by atoms with E-state index in [-0.39, 0.29) is 18.2 Å². The van der Waals surface area contributed by atoms with Crippen LogP contribution < -0.4 is 16.2 Å². The van der Waals surface area contributed by atoms with Crippen molar-refractivity contribution in [2.75, 3.05) is 0 Å². The fourth-order valence-electron chi connectivity index (χ4n) is 3.07. The van der Waals surface area contributed by atoms with Crippen molar-refractivity contribution in [1.29, 1.82) is 0 Å². The molecule has 3 aromatic carbocycles. The molecule has 35 heavy (non-hydrogen) atoms. The van der Waals surface area contributed by atoms with Gasteiger partial charge in [0.05, 0.1) is 14.3 Å². The number of aromatic hydroxyl groups is 1. The minimum absolute atomic E-state index is 0.223. The number of carbonyl (C=O) groups is 1. The van der Waals surface area contributed by atoms with Crippen LogP contribution in [0.2, 0.25) is 0 Å². The van der Waals surface area contributed by atoms with E-state index in [0.29, 0.717) is 18.6 Å². The quantitative estimate of drug-likeness (QED) is 0.180. The number of rotatable bonds is 8. The van der Waals surface area contributed by atoms with Crippen LogP contribution in [0.3, 0.4) is 0 Å². The molecule has 10 heteroatoms. The summed E-state index contributed by atoms with van der Waals surface area (Å²) in [5, 5.41) is 18.8. The number of carboxylic acid groups (broad SMARTS) is 1. The lowest BCUT2D eigenvalue weighted by Crippen LogP contribution is -2.32. The van der Waals surface area contributed by atoms with E-state index in [0.717, 1.165) is 25.5 Å². The fraction of sp³-hybridized carbons (Fsp3) is 0.240. The Balaban J connectivity index is 0.000000328. The third-order valence-corrected chi connectivity index (χ3v) is 8.12. The summed E-state index contributed by atoms with van der Waals surface area (Å²) in [6.45, 7) is 2.16. The highest BCUT2D eigenvalue weighted by Gasteiger charge is 2.16. The number of ether oxygens (including phenoxy) is 1. The van der Waals surface area contributed by atoms with Gasteiger partial charge in [-0.05, 0) is 139 Å². The third-order valence-electron chi connectivity index (χ3n) is 4.87. The van der Waals surface area contributed by atoms with Crippen LogP contribution in [0.5, 0.6) is 17.2 Å². The number of hydrogen-bond acceptors (Lipinski definition) is 5. The van der Waals surface area contributed by atoms with Crippen LogP contribution in [0.25, 0.3) is 0 Å². The van der Waals surface area contributed by atoms with E-state index in [1.807, 2.05) is 30.3 Å². The van der Waals surface area contributed by atoms with Crippen molar-refractivity contribution >= 4 is 96.3 Å². The van der Waals surface area contributed by atoms with E-state index < -0.39 is 12.0 Å². The number of phenols is 1. The molecule has 3 aromatic rings. The number of hydrogen-bond donors (Lipinski definition) is 4. The highest BCUT2D eigenvalue weighted by atomic mass is 127. The van der Waals surface area contributed by atoms with Gasteiger partial charge in [-0.3, -0.25) is 4.79 Å². The number of nitrogens with two attached hydrogens (primary N) is 2. The Kier molecular flexibility index (Phi) is 13.3. The molecule has 0 aliphatic carbocycles. The van der Waals surface area contributed by atoms with Gasteiger partial charge in [0.1, 0.15) is 17.5 Å². The van der Waals surface area contributed by atoms with E-state index in [2.05, 4.69) is 109 Å². The van der Waals surface area contributed by atoms with Gasteiger partial charge in [-0.25, -0.2) is 0 Å². The Bertz CT molecular complexity index is 1100. The Morgan fingerprint density at radius 1 is 0.943 bits per heavy atom. The summed E-state index contributed by atoms with van der Waals surface area (Å²) in [7, 11) is 0. The van der Waals surface area contributed by atoms with Gasteiger partial charge in [-0.15, -0.1) is 0 Å². The summed E-state index contributed by atoms with van der Waals surface area (Å²) in [5.74, 6) is 0.549. The minimum Gasteiger partial charge on any atom is -0.506 e. The molecular formula is C25H26I4N2O4. The lowest BCUT2D eigenvalue weighted by molar-refractivity contribution is -0.138. The van der Waals surface area contributed by atoms with E-state index >= 15 is 0 Å². The fourth-order valence-corrected chi connectivity index (χ4v) is 6.89. The molecule has 0 bridgehead atoms. The second-order valence-electron chi connectivity index (χ2n) is 7.68. The van der Waals surface area contributed by atoms with E-state index in [1.165, 1.54) is 5.56 Å². The van der Waals surface area contributed by atoms with Gasteiger partial charge in [0.2, 0.25) is 0 Å². The van der Waals surface area contributed by atoms with Crippen molar-refractivity contribution in [2.45, 2.75) is 38.3 Å². The van der Waals surface area contributed by atoms with Crippen molar-refractivity contribution < 1.29 is 19.7 Å². The van der Waals surface area contributed by atoms with Gasteiger partial charge >= 0.3 is 5.97 Å². The number of phenolic OH excluding ortho intramolecular Hbond substituents is 1. The van der Waals surface area contributed by atoms with Gasteiger partial charge in [0, 0.05) is 6.04 Å². The topological polar surface area (TPSA) is 119 Å². The summed E-state index contributed by atoms with van der Waals surface area (Å²) in [4.78, 5) is 10.9. The molecule has 0 aliphatic rings. The maximum absolute atomic E-state index is 10.9. The summed E-state index contributed by atoms with van der Waals surface area (Å²) >= 11 is 8.42. The molecule has 188 valence electrons. The van der Waals surface area contributed by atoms with Gasteiger partial charge in [-0.2, -0.15) is 0 Å². The predicted molar refractivity (Wildman–Crippen MR) is 173 cm³/mol. The zero-order chi connectivity index (χ0) is 26.1. The SMILES string of the molecule is CCCC(N)c1ccccc1.NC(Cc1cc(I)c(Oc2cc(I)c(O)c(I)c2)c(I)c1)C(=O)O. The zero-order valence-electron chi connectivity index (χ0n) is 18.8. The molecule has 0 saturated carbocycles. The molecule has 0 radical (unpaired) electrons. The first kappa shape index (κ1) is 30.8. The predicted octanol–water partition coefficient (Wildman–Crippen LogP) is 7.04. The molecule has 0 spiro atoms. The monoisotopic (exact) mass is 926 g/mol. The van der Waals surface area contributed by atoms with Gasteiger partial charge in [0.15, 0.2) is 5.75 Å². The molecule has 2 unspecified atom stereocenters. The largest absolute Gasteiger partial charge is 0.506 e. The van der Waals surface area contributed by atoms with Crippen LogP contribution in [-0.4, -0.2) is 22.2 Å². The minimum atomic E-state index is -1.02. The third kappa shape index (κ3) is 9.75. The Hall–Kier alpha value is -0.430. The average molecular weight is 926 g/mol. The van der Waals surface area contributed by atoms with Crippen LogP contribution in [0, 0.1) is 14.3 Å². The molecule has 0 fully saturated rings. The average Bonchev–Trinajstić information content (AvgIpc) is 2.81. The molecule has 6 N–H and O–H groups in total. The Morgan fingerprint density at radius 2 is 1.49 bits per heavy atom. The van der Waals surface area contributed by atoms with Gasteiger partial charge < -0.3 is 26.4 Å². The first-order chi connectivity index (χ1) is 16.5. The number of halogens is 4. The molecule has 2 atom stereocenters. The zero-order valence-corrected chi connectivity index (χ0v) is 27.5. The van der Waals surface area contributed by atoms with Crippen LogP contribution in [-0.2, 0) is 11.2 Å². The van der Waals surface area contributed by atoms with Crippen LogP contribution in [0.15, 0.2) is 54.6 Å². The van der Waals surface area contributed by atoms with Crippen molar-refractivity contribution in [2.24, 2.45) is 11.5 Å². The second kappa shape index (κ2) is 15.1. The molecule has 0 heterocycles. The highest BCUT2D eigenvalue weighted by molar-refractivity contribution is 14.1. The Labute approximate surface area is 260 Å². The van der Waals surface area contributed by atoms with Crippen LogP contribution in [0.4, 0.5) is 0 Å². The maximum Gasteiger partial charge on any atom is 0.320 e. The van der Waals surface area contributed by atoms with Crippen molar-refractivity contribution in [3.05, 3.63) is 80.0 Å². The Morgan fingerprint density at radius 3 is 1.97 bits per heavy atom. The smallest absolute Gasteiger partial charge is 0.320 e. The van der Waals surface area contributed by atoms with Crippen molar-refractivity contribution in [1.82, 2.24) is 0 Å².